The molecule has 0 saturated carbocycles. The summed E-state index contributed by atoms with van der Waals surface area (Å²) in [7, 11) is 1.40. The van der Waals surface area contributed by atoms with E-state index in [1.54, 1.807) is 19.9 Å². The molecule has 0 unspecified atom stereocenters. The highest BCUT2D eigenvalue weighted by Crippen LogP contribution is 2.37. The molecule has 3 N–H and O–H groups in total. The second kappa shape index (κ2) is 13.6. The Balaban J connectivity index is 1.47. The zero-order chi connectivity index (χ0) is 29.7. The summed E-state index contributed by atoms with van der Waals surface area (Å²) in [6.45, 7) is 8.02. The summed E-state index contributed by atoms with van der Waals surface area (Å²) in [5, 5.41) is 16.3. The number of allylic oxidation sites excluding steroid dienone is 1. The van der Waals surface area contributed by atoms with E-state index in [-0.39, 0.29) is 24.2 Å². The van der Waals surface area contributed by atoms with Crippen molar-refractivity contribution in [1.82, 2.24) is 15.5 Å². The average molecular weight is 606 g/mol. The summed E-state index contributed by atoms with van der Waals surface area (Å²) in [6, 6.07) is 4.11. The number of benzene rings is 1. The number of aliphatic hydroxyl groups excluding tert-OH is 1. The summed E-state index contributed by atoms with van der Waals surface area (Å²) < 4.78 is 24.5. The van der Waals surface area contributed by atoms with Crippen molar-refractivity contribution in [1.29, 1.82) is 0 Å². The maximum Gasteiger partial charge on any atom is 0.256 e. The van der Waals surface area contributed by atoms with E-state index in [1.807, 2.05) is 0 Å². The van der Waals surface area contributed by atoms with Crippen molar-refractivity contribution in [2.45, 2.75) is 51.4 Å². The van der Waals surface area contributed by atoms with E-state index in [9.17, 15) is 19.1 Å². The first-order valence-corrected chi connectivity index (χ1v) is 14.3. The number of thiophene rings is 1. The highest BCUT2D eigenvalue weighted by atomic mass is 35.5. The molecule has 41 heavy (non-hydrogen) atoms. The van der Waals surface area contributed by atoms with Crippen molar-refractivity contribution in [3.63, 3.8) is 0 Å². The van der Waals surface area contributed by atoms with Gasteiger partial charge in [-0.2, -0.15) is 0 Å². The van der Waals surface area contributed by atoms with E-state index in [0.717, 1.165) is 17.7 Å². The molecule has 0 spiro atoms. The molecular weight excluding hydrogens is 573 g/mol. The highest BCUT2D eigenvalue weighted by molar-refractivity contribution is 7.13. The Labute approximate surface area is 246 Å². The Bertz CT molecular complexity index is 1370. The van der Waals surface area contributed by atoms with E-state index in [0.29, 0.717) is 45.9 Å². The quantitative estimate of drug-likeness (QED) is 0.295. The molecule has 1 saturated heterocycles. The van der Waals surface area contributed by atoms with E-state index in [4.69, 9.17) is 21.1 Å². The molecule has 2 atom stereocenters. The van der Waals surface area contributed by atoms with Gasteiger partial charge in [0.2, 0.25) is 11.9 Å². The van der Waals surface area contributed by atoms with Gasteiger partial charge in [0.15, 0.2) is 0 Å². The van der Waals surface area contributed by atoms with Gasteiger partial charge in [-0.15, -0.1) is 11.3 Å². The lowest BCUT2D eigenvalue weighted by Crippen LogP contribution is -2.46. The number of rotatable bonds is 9. The number of amides is 2. The number of methoxy groups -OCH3 is 1. The van der Waals surface area contributed by atoms with E-state index >= 15 is 0 Å². The zero-order valence-corrected chi connectivity index (χ0v) is 24.6. The predicted octanol–water partition coefficient (Wildman–Crippen LogP) is 3.84. The van der Waals surface area contributed by atoms with Crippen LogP contribution < -0.4 is 15.4 Å². The number of aliphatic hydroxyl groups is 1. The molecule has 0 bridgehead atoms. The smallest absolute Gasteiger partial charge is 0.256 e. The van der Waals surface area contributed by atoms with Gasteiger partial charge in [0.1, 0.15) is 17.6 Å². The number of guanidine groups is 1. The Hall–Kier alpha value is -3.32. The van der Waals surface area contributed by atoms with E-state index in [1.165, 1.54) is 41.5 Å². The molecule has 1 aromatic heterocycles. The van der Waals surface area contributed by atoms with Crippen LogP contribution in [0.3, 0.4) is 0 Å². The second-order valence-corrected chi connectivity index (χ2v) is 11.4. The fraction of sp³-hybridized carbons (Fsp3) is 0.429. The lowest BCUT2D eigenvalue weighted by Gasteiger charge is -2.26. The van der Waals surface area contributed by atoms with Crippen LogP contribution in [0.4, 0.5) is 4.39 Å². The average Bonchev–Trinajstić information content (AvgIpc) is 3.51. The molecule has 0 radical (unpaired) electrons. The van der Waals surface area contributed by atoms with Gasteiger partial charge >= 0.3 is 0 Å². The molecule has 4 rings (SSSR count). The van der Waals surface area contributed by atoms with Crippen molar-refractivity contribution in [2.75, 3.05) is 26.9 Å². The Morgan fingerprint density at radius 1 is 1.34 bits per heavy atom. The van der Waals surface area contributed by atoms with E-state index in [2.05, 4.69) is 27.3 Å². The SMILES string of the molecule is C=N/C(=N\C(=C(/C)Cl)c1cc2c(s1)CN([C@H](C)C(=O)N[C@H](CO)c1cc(F)cc(OC)c1)C2=O)NC1CCOCC1. The number of carbonyl (C=O) groups is 2. The Kier molecular flexibility index (Phi) is 10.1. The van der Waals surface area contributed by atoms with Crippen LogP contribution >= 0.6 is 22.9 Å². The van der Waals surface area contributed by atoms with Gasteiger partial charge in [-0.1, -0.05) is 11.6 Å². The molecular formula is C28H33ClFN5O5S. The van der Waals surface area contributed by atoms with Crippen molar-refractivity contribution in [2.24, 2.45) is 9.98 Å². The molecule has 1 fully saturated rings. The maximum absolute atomic E-state index is 14.0. The number of aliphatic imine (C=N–C) groups is 2. The van der Waals surface area contributed by atoms with Crippen LogP contribution in [0.25, 0.3) is 5.70 Å². The number of halogens is 2. The van der Waals surface area contributed by atoms with Crippen LogP contribution in [-0.4, -0.2) is 73.5 Å². The highest BCUT2D eigenvalue weighted by Gasteiger charge is 2.36. The number of hydrogen-bond donors (Lipinski definition) is 3. The lowest BCUT2D eigenvalue weighted by molar-refractivity contribution is -0.126. The zero-order valence-electron chi connectivity index (χ0n) is 23.1. The van der Waals surface area contributed by atoms with Gasteiger partial charge in [0.05, 0.1) is 42.4 Å². The topological polar surface area (TPSA) is 125 Å². The fourth-order valence-electron chi connectivity index (χ4n) is 4.66. The van der Waals surface area contributed by atoms with Crippen LogP contribution in [0.1, 0.15) is 58.4 Å². The van der Waals surface area contributed by atoms with Crippen molar-refractivity contribution >= 4 is 53.1 Å². The van der Waals surface area contributed by atoms with Gasteiger partial charge in [0.25, 0.3) is 5.91 Å². The third kappa shape index (κ3) is 7.13. The van der Waals surface area contributed by atoms with Gasteiger partial charge < -0.3 is 30.1 Å². The van der Waals surface area contributed by atoms with Crippen LogP contribution in [0, 0.1) is 5.82 Å². The van der Waals surface area contributed by atoms with Gasteiger partial charge in [-0.25, -0.2) is 14.4 Å². The molecule has 10 nitrogen and oxygen atoms in total. The molecule has 220 valence electrons. The number of nitrogens with one attached hydrogen (secondary N) is 2. The van der Waals surface area contributed by atoms with Gasteiger partial charge in [-0.3, -0.25) is 9.59 Å². The normalized spacial score (nSPS) is 18.0. The van der Waals surface area contributed by atoms with E-state index < -0.39 is 30.4 Å². The number of fused-ring (bicyclic) bond motifs is 1. The largest absolute Gasteiger partial charge is 0.497 e. The predicted molar refractivity (Wildman–Crippen MR) is 157 cm³/mol. The summed E-state index contributed by atoms with van der Waals surface area (Å²) in [4.78, 5) is 38.0. The summed E-state index contributed by atoms with van der Waals surface area (Å²) in [5.74, 6) is -0.755. The van der Waals surface area contributed by atoms with Gasteiger partial charge in [-0.05, 0) is 57.2 Å². The molecule has 0 aliphatic carbocycles. The third-order valence-corrected chi connectivity index (χ3v) is 8.28. The van der Waals surface area contributed by atoms with Gasteiger partial charge in [0, 0.05) is 35.2 Å². The molecule has 13 heteroatoms. The number of carbonyl (C=O) groups excluding carboxylic acids is 2. The standard InChI is InChI=1S/C28H33ClFN5O5S/c1-15(29)25(34-28(31-3)32-19-5-7-40-8-6-19)23-12-21-24(41-23)13-35(27(21)38)16(2)26(37)33-22(14-36)17-9-18(30)11-20(10-17)39-4/h9-12,16,19,22,36H,3,5-8,13-14H2,1-2,4H3,(H,32,34)(H,33,37)/b25-15+/t16-,22-/m1/s1. The fourth-order valence-corrected chi connectivity index (χ4v) is 6.05. The number of ether oxygens (including phenoxy) is 2. The molecule has 2 aliphatic heterocycles. The number of nitrogens with zero attached hydrogens (tertiary/aromatic N) is 3. The molecule has 3 heterocycles. The summed E-state index contributed by atoms with van der Waals surface area (Å²) in [6.07, 6.45) is 1.65. The van der Waals surface area contributed by atoms with Crippen molar-refractivity contribution in [3.05, 3.63) is 56.0 Å². The molecule has 2 amide bonds. The minimum atomic E-state index is -0.882. The Morgan fingerprint density at radius 2 is 2.07 bits per heavy atom. The minimum Gasteiger partial charge on any atom is -0.497 e. The summed E-state index contributed by atoms with van der Waals surface area (Å²) >= 11 is 7.78. The maximum atomic E-state index is 14.0. The minimum absolute atomic E-state index is 0.161. The van der Waals surface area contributed by atoms with Crippen LogP contribution in [0.15, 0.2) is 39.3 Å². The monoisotopic (exact) mass is 605 g/mol. The first-order valence-electron chi connectivity index (χ1n) is 13.1. The van der Waals surface area contributed by atoms with Crippen LogP contribution in [0.5, 0.6) is 5.75 Å². The van der Waals surface area contributed by atoms with Crippen molar-refractivity contribution < 1.29 is 28.6 Å². The molecule has 2 aliphatic rings. The first-order chi connectivity index (χ1) is 19.6. The van der Waals surface area contributed by atoms with Crippen LogP contribution in [-0.2, 0) is 16.1 Å². The first kappa shape index (κ1) is 30.6. The summed E-state index contributed by atoms with van der Waals surface area (Å²) in [5.41, 5.74) is 1.29. The second-order valence-electron chi connectivity index (χ2n) is 9.73. The van der Waals surface area contributed by atoms with Crippen LogP contribution in [0.2, 0.25) is 0 Å². The lowest BCUT2D eigenvalue weighted by atomic mass is 10.1. The number of hydrogen-bond acceptors (Lipinski definition) is 7. The molecule has 1 aromatic carbocycles. The Morgan fingerprint density at radius 3 is 2.68 bits per heavy atom. The van der Waals surface area contributed by atoms with Crippen molar-refractivity contribution in [3.8, 4) is 5.75 Å². The molecule has 2 aromatic rings. The third-order valence-electron chi connectivity index (χ3n) is 6.97.